The molecule has 1 saturated heterocycles. The average Bonchev–Trinajstić information content (AvgIpc) is 2.88. The first-order valence-corrected chi connectivity index (χ1v) is 8.11. The number of likely N-dealkylation sites (tertiary alicyclic amines) is 1. The maximum absolute atomic E-state index is 14.2. The van der Waals surface area contributed by atoms with E-state index in [1.807, 2.05) is 19.1 Å². The lowest BCUT2D eigenvalue weighted by molar-refractivity contribution is 0.193. The van der Waals surface area contributed by atoms with Gasteiger partial charge in [0, 0.05) is 43.9 Å². The molecule has 0 bridgehead atoms. The average molecular weight is 317 g/mol. The summed E-state index contributed by atoms with van der Waals surface area (Å²) >= 11 is 0. The first-order valence-electron chi connectivity index (χ1n) is 8.11. The largest absolute Gasteiger partial charge is 0.497 e. The summed E-state index contributed by atoms with van der Waals surface area (Å²) in [7, 11) is 3.61. The van der Waals surface area contributed by atoms with Crippen LogP contribution in [-0.4, -0.2) is 34.7 Å². The number of aryl methyl sites for hydroxylation is 2. The summed E-state index contributed by atoms with van der Waals surface area (Å²) in [5, 5.41) is 0. The number of ether oxygens (including phenoxy) is 1. The molecule has 0 saturated carbocycles. The highest BCUT2D eigenvalue weighted by atomic mass is 19.1. The third-order valence-electron chi connectivity index (χ3n) is 4.56. The van der Waals surface area contributed by atoms with Crippen molar-refractivity contribution in [2.75, 3.05) is 20.2 Å². The molecular formula is C18H24FN3O. The van der Waals surface area contributed by atoms with Crippen LogP contribution in [0.25, 0.3) is 0 Å². The van der Waals surface area contributed by atoms with Crippen molar-refractivity contribution in [3.8, 4) is 5.75 Å². The maximum Gasteiger partial charge on any atom is 0.131 e. The fourth-order valence-electron chi connectivity index (χ4n) is 3.45. The van der Waals surface area contributed by atoms with Gasteiger partial charge in [-0.1, -0.05) is 6.07 Å². The van der Waals surface area contributed by atoms with E-state index in [1.165, 1.54) is 6.07 Å². The Hall–Kier alpha value is -1.88. The van der Waals surface area contributed by atoms with E-state index in [0.717, 1.165) is 43.0 Å². The van der Waals surface area contributed by atoms with Crippen molar-refractivity contribution < 1.29 is 9.13 Å². The molecule has 2 heterocycles. The van der Waals surface area contributed by atoms with E-state index < -0.39 is 0 Å². The smallest absolute Gasteiger partial charge is 0.131 e. The lowest BCUT2D eigenvalue weighted by atomic mass is 9.96. The molecule has 0 spiro atoms. The van der Waals surface area contributed by atoms with Gasteiger partial charge in [0.15, 0.2) is 0 Å². The molecule has 1 atom stereocenters. The Morgan fingerprint density at radius 2 is 2.22 bits per heavy atom. The number of aromatic nitrogens is 2. The van der Waals surface area contributed by atoms with E-state index in [2.05, 4.69) is 27.7 Å². The van der Waals surface area contributed by atoms with Crippen LogP contribution in [0, 0.1) is 12.7 Å². The maximum atomic E-state index is 14.2. The molecule has 0 radical (unpaired) electrons. The van der Waals surface area contributed by atoms with Crippen molar-refractivity contribution in [3.05, 3.63) is 47.3 Å². The van der Waals surface area contributed by atoms with Crippen molar-refractivity contribution in [2.24, 2.45) is 7.05 Å². The highest BCUT2D eigenvalue weighted by Gasteiger charge is 2.25. The number of piperidine rings is 1. The van der Waals surface area contributed by atoms with E-state index in [4.69, 9.17) is 4.74 Å². The van der Waals surface area contributed by atoms with Crippen LogP contribution in [0.5, 0.6) is 5.75 Å². The van der Waals surface area contributed by atoms with Gasteiger partial charge in [-0.3, -0.25) is 4.90 Å². The van der Waals surface area contributed by atoms with Crippen LogP contribution >= 0.6 is 0 Å². The van der Waals surface area contributed by atoms with Gasteiger partial charge in [-0.25, -0.2) is 9.37 Å². The second kappa shape index (κ2) is 6.71. The minimum Gasteiger partial charge on any atom is -0.497 e. The molecule has 5 heteroatoms. The monoisotopic (exact) mass is 317 g/mol. The Bertz CT molecular complexity index is 683. The topological polar surface area (TPSA) is 30.3 Å². The highest BCUT2D eigenvalue weighted by Crippen LogP contribution is 2.27. The third-order valence-corrected chi connectivity index (χ3v) is 4.56. The van der Waals surface area contributed by atoms with Crippen molar-refractivity contribution in [2.45, 2.75) is 32.2 Å². The molecule has 1 unspecified atom stereocenters. The zero-order chi connectivity index (χ0) is 16.4. The summed E-state index contributed by atoms with van der Waals surface area (Å²) in [6, 6.07) is 5.10. The zero-order valence-corrected chi connectivity index (χ0v) is 14.1. The molecule has 1 aromatic carbocycles. The SMILES string of the molecule is COc1ccc(CN2CCCC(c3nc(C)cn3C)C2)c(F)c1. The predicted octanol–water partition coefficient (Wildman–Crippen LogP) is 3.26. The lowest BCUT2D eigenvalue weighted by Crippen LogP contribution is -2.35. The molecule has 23 heavy (non-hydrogen) atoms. The summed E-state index contributed by atoms with van der Waals surface area (Å²) in [6.45, 7) is 4.59. The molecule has 3 rings (SSSR count). The summed E-state index contributed by atoms with van der Waals surface area (Å²) in [5.74, 6) is 1.93. The number of benzene rings is 1. The molecule has 0 N–H and O–H groups in total. The minimum absolute atomic E-state index is 0.195. The van der Waals surface area contributed by atoms with Crippen LogP contribution in [0.2, 0.25) is 0 Å². The van der Waals surface area contributed by atoms with E-state index in [9.17, 15) is 4.39 Å². The second-order valence-electron chi connectivity index (χ2n) is 6.38. The fraction of sp³-hybridized carbons (Fsp3) is 0.500. The van der Waals surface area contributed by atoms with Crippen molar-refractivity contribution in [3.63, 3.8) is 0 Å². The molecule has 0 aliphatic carbocycles. The highest BCUT2D eigenvalue weighted by molar-refractivity contribution is 5.29. The Labute approximate surface area is 136 Å². The number of imidazole rings is 1. The molecule has 1 aliphatic heterocycles. The number of hydrogen-bond acceptors (Lipinski definition) is 3. The summed E-state index contributed by atoms with van der Waals surface area (Å²) in [4.78, 5) is 6.98. The van der Waals surface area contributed by atoms with Gasteiger partial charge in [0.2, 0.25) is 0 Å². The number of methoxy groups -OCH3 is 1. The quantitative estimate of drug-likeness (QED) is 0.867. The molecule has 2 aromatic rings. The lowest BCUT2D eigenvalue weighted by Gasteiger charge is -2.32. The minimum atomic E-state index is -0.195. The van der Waals surface area contributed by atoms with Gasteiger partial charge >= 0.3 is 0 Å². The fourth-order valence-corrected chi connectivity index (χ4v) is 3.45. The van der Waals surface area contributed by atoms with Gasteiger partial charge in [-0.05, 0) is 32.4 Å². The standard InChI is InChI=1S/C18H24FN3O/c1-13-10-21(2)18(20-13)15-5-4-8-22(12-15)11-14-6-7-16(23-3)9-17(14)19/h6-7,9-10,15H,4-5,8,11-12H2,1-3H3. The Kier molecular flexibility index (Phi) is 4.66. The van der Waals surface area contributed by atoms with Crippen LogP contribution in [0.4, 0.5) is 4.39 Å². The second-order valence-corrected chi connectivity index (χ2v) is 6.38. The van der Waals surface area contributed by atoms with Gasteiger partial charge in [-0.15, -0.1) is 0 Å². The van der Waals surface area contributed by atoms with Crippen molar-refractivity contribution in [1.82, 2.24) is 14.5 Å². The number of hydrogen-bond donors (Lipinski definition) is 0. The summed E-state index contributed by atoms with van der Waals surface area (Å²) in [6.07, 6.45) is 4.33. The normalized spacial score (nSPS) is 19.0. The Balaban J connectivity index is 1.70. The Morgan fingerprint density at radius 1 is 1.39 bits per heavy atom. The molecule has 0 amide bonds. The van der Waals surface area contributed by atoms with Crippen LogP contribution < -0.4 is 4.74 Å². The van der Waals surface area contributed by atoms with Crippen LogP contribution in [0.3, 0.4) is 0 Å². The first kappa shape index (κ1) is 16.0. The van der Waals surface area contributed by atoms with Gasteiger partial charge in [0.25, 0.3) is 0 Å². The molecular weight excluding hydrogens is 293 g/mol. The van der Waals surface area contributed by atoms with Gasteiger partial charge in [0.1, 0.15) is 17.4 Å². The molecule has 1 aromatic heterocycles. The van der Waals surface area contributed by atoms with Gasteiger partial charge in [-0.2, -0.15) is 0 Å². The van der Waals surface area contributed by atoms with Gasteiger partial charge < -0.3 is 9.30 Å². The van der Waals surface area contributed by atoms with Crippen LogP contribution in [-0.2, 0) is 13.6 Å². The van der Waals surface area contributed by atoms with E-state index in [-0.39, 0.29) is 5.82 Å². The Morgan fingerprint density at radius 3 is 2.87 bits per heavy atom. The molecule has 4 nitrogen and oxygen atoms in total. The summed E-state index contributed by atoms with van der Waals surface area (Å²) < 4.78 is 21.3. The van der Waals surface area contributed by atoms with Crippen molar-refractivity contribution in [1.29, 1.82) is 0 Å². The molecule has 1 aliphatic rings. The van der Waals surface area contributed by atoms with E-state index in [0.29, 0.717) is 18.2 Å². The predicted molar refractivity (Wildman–Crippen MR) is 88.1 cm³/mol. The van der Waals surface area contributed by atoms with Crippen molar-refractivity contribution >= 4 is 0 Å². The molecule has 1 fully saturated rings. The third kappa shape index (κ3) is 3.55. The van der Waals surface area contributed by atoms with E-state index >= 15 is 0 Å². The molecule has 124 valence electrons. The van der Waals surface area contributed by atoms with E-state index in [1.54, 1.807) is 7.11 Å². The number of nitrogens with zero attached hydrogens (tertiary/aromatic N) is 3. The van der Waals surface area contributed by atoms with Gasteiger partial charge in [0.05, 0.1) is 12.8 Å². The summed E-state index contributed by atoms with van der Waals surface area (Å²) in [5.41, 5.74) is 1.78. The van der Waals surface area contributed by atoms with Crippen LogP contribution in [0.1, 0.15) is 35.8 Å². The number of halogens is 1. The van der Waals surface area contributed by atoms with Crippen LogP contribution in [0.15, 0.2) is 24.4 Å². The number of rotatable bonds is 4. The first-order chi connectivity index (χ1) is 11.1. The zero-order valence-electron chi connectivity index (χ0n) is 14.1.